The van der Waals surface area contributed by atoms with Crippen LogP contribution in [-0.2, 0) is 17.9 Å². The van der Waals surface area contributed by atoms with E-state index in [2.05, 4.69) is 52.3 Å². The van der Waals surface area contributed by atoms with Crippen molar-refractivity contribution in [3.63, 3.8) is 0 Å². The van der Waals surface area contributed by atoms with Crippen LogP contribution in [0.5, 0.6) is 0 Å². The van der Waals surface area contributed by atoms with E-state index in [0.717, 1.165) is 19.6 Å². The number of fused-ring (bicyclic) bond motifs is 2. The van der Waals surface area contributed by atoms with Gasteiger partial charge in [0, 0.05) is 32.7 Å². The van der Waals surface area contributed by atoms with Crippen LogP contribution in [0.4, 0.5) is 0 Å². The summed E-state index contributed by atoms with van der Waals surface area (Å²) in [6, 6.07) is 22.1. The van der Waals surface area contributed by atoms with Gasteiger partial charge in [0.15, 0.2) is 0 Å². The van der Waals surface area contributed by atoms with E-state index in [1.54, 1.807) is 12.1 Å². The zero-order valence-corrected chi connectivity index (χ0v) is 17.3. The van der Waals surface area contributed by atoms with Gasteiger partial charge in [-0.05, 0) is 28.5 Å². The molecule has 2 heterocycles. The lowest BCUT2D eigenvalue weighted by atomic mass is 10.0. The van der Waals surface area contributed by atoms with E-state index in [1.807, 2.05) is 17.0 Å². The Kier molecular flexibility index (Phi) is 5.22. The minimum Gasteiger partial charge on any atom is -0.339 e. The number of hydrogen-bond acceptors (Lipinski definition) is 4. The molecule has 1 aromatic heterocycles. The Balaban J connectivity index is 1.23. The second-order valence-electron chi connectivity index (χ2n) is 7.99. The Morgan fingerprint density at radius 1 is 0.839 bits per heavy atom. The summed E-state index contributed by atoms with van der Waals surface area (Å²) in [5.41, 5.74) is 1.79. The summed E-state index contributed by atoms with van der Waals surface area (Å²) in [6.45, 7) is 3.87. The number of para-hydroxylation sites is 1. The summed E-state index contributed by atoms with van der Waals surface area (Å²) in [6.07, 6.45) is 1.47. The SMILES string of the molecule is O=C(Cn1cnc2ccccc2c1=O)N1CCN(Cc2cccc3ccccc23)CC1. The van der Waals surface area contributed by atoms with E-state index in [4.69, 9.17) is 0 Å². The van der Waals surface area contributed by atoms with Crippen LogP contribution in [0.2, 0.25) is 0 Å². The van der Waals surface area contributed by atoms with Crippen LogP contribution in [0.1, 0.15) is 5.56 Å². The molecule has 1 saturated heterocycles. The van der Waals surface area contributed by atoms with Gasteiger partial charge in [-0.1, -0.05) is 54.6 Å². The number of rotatable bonds is 4. The maximum absolute atomic E-state index is 12.8. The average molecular weight is 412 g/mol. The Bertz CT molecular complexity index is 1300. The number of nitrogens with zero attached hydrogens (tertiary/aromatic N) is 4. The smallest absolute Gasteiger partial charge is 0.261 e. The second-order valence-corrected chi connectivity index (χ2v) is 7.99. The molecule has 0 saturated carbocycles. The van der Waals surface area contributed by atoms with Gasteiger partial charge in [0.25, 0.3) is 5.56 Å². The van der Waals surface area contributed by atoms with Gasteiger partial charge in [0.1, 0.15) is 6.54 Å². The van der Waals surface area contributed by atoms with Crippen molar-refractivity contribution in [3.05, 3.63) is 89.0 Å². The first-order valence-corrected chi connectivity index (χ1v) is 10.6. The average Bonchev–Trinajstić information content (AvgIpc) is 2.82. The first kappa shape index (κ1) is 19.5. The van der Waals surface area contributed by atoms with Crippen molar-refractivity contribution in [3.8, 4) is 0 Å². The normalized spacial score (nSPS) is 14.9. The number of carbonyl (C=O) groups excluding carboxylic acids is 1. The molecule has 1 fully saturated rings. The van der Waals surface area contributed by atoms with Crippen molar-refractivity contribution >= 4 is 27.6 Å². The van der Waals surface area contributed by atoms with E-state index >= 15 is 0 Å². The Morgan fingerprint density at radius 2 is 1.55 bits per heavy atom. The topological polar surface area (TPSA) is 58.4 Å². The number of hydrogen-bond donors (Lipinski definition) is 0. The largest absolute Gasteiger partial charge is 0.339 e. The number of carbonyl (C=O) groups is 1. The van der Waals surface area contributed by atoms with Gasteiger partial charge in [0.2, 0.25) is 5.91 Å². The fourth-order valence-electron chi connectivity index (χ4n) is 4.29. The Morgan fingerprint density at radius 3 is 2.39 bits per heavy atom. The molecular formula is C25H24N4O2. The van der Waals surface area contributed by atoms with Crippen molar-refractivity contribution < 1.29 is 4.79 Å². The molecule has 5 rings (SSSR count). The zero-order valence-electron chi connectivity index (χ0n) is 17.3. The van der Waals surface area contributed by atoms with E-state index in [9.17, 15) is 9.59 Å². The van der Waals surface area contributed by atoms with E-state index in [0.29, 0.717) is 24.0 Å². The molecule has 6 nitrogen and oxygen atoms in total. The molecule has 6 heteroatoms. The molecule has 0 bridgehead atoms. The molecule has 31 heavy (non-hydrogen) atoms. The summed E-state index contributed by atoms with van der Waals surface area (Å²) in [7, 11) is 0. The maximum Gasteiger partial charge on any atom is 0.261 e. The Hall–Kier alpha value is -3.51. The summed E-state index contributed by atoms with van der Waals surface area (Å²) in [5, 5.41) is 3.08. The number of benzene rings is 3. The van der Waals surface area contributed by atoms with Crippen molar-refractivity contribution in [2.24, 2.45) is 0 Å². The highest BCUT2D eigenvalue weighted by molar-refractivity contribution is 5.85. The van der Waals surface area contributed by atoms with Crippen LogP contribution in [0.3, 0.4) is 0 Å². The number of piperazine rings is 1. The predicted molar refractivity (Wildman–Crippen MR) is 122 cm³/mol. The van der Waals surface area contributed by atoms with Gasteiger partial charge in [-0.25, -0.2) is 4.98 Å². The summed E-state index contributed by atoms with van der Waals surface area (Å²) >= 11 is 0. The molecule has 0 aliphatic carbocycles. The molecule has 1 aliphatic heterocycles. The van der Waals surface area contributed by atoms with E-state index < -0.39 is 0 Å². The van der Waals surface area contributed by atoms with Crippen LogP contribution in [-0.4, -0.2) is 51.4 Å². The van der Waals surface area contributed by atoms with Crippen molar-refractivity contribution in [1.29, 1.82) is 0 Å². The first-order chi connectivity index (χ1) is 15.2. The van der Waals surface area contributed by atoms with Gasteiger partial charge in [-0.2, -0.15) is 0 Å². The highest BCUT2D eigenvalue weighted by Crippen LogP contribution is 2.20. The molecule has 0 radical (unpaired) electrons. The third-order valence-electron chi connectivity index (χ3n) is 6.04. The van der Waals surface area contributed by atoms with Gasteiger partial charge in [0.05, 0.1) is 17.2 Å². The van der Waals surface area contributed by atoms with Crippen molar-refractivity contribution in [2.75, 3.05) is 26.2 Å². The minimum atomic E-state index is -0.173. The standard InChI is InChI=1S/C25H24N4O2/c30-24(17-29-18-26-23-11-4-3-10-22(23)25(29)31)28-14-12-27(13-15-28)16-20-8-5-7-19-6-1-2-9-21(19)20/h1-11,18H,12-17H2. The van der Waals surface area contributed by atoms with Gasteiger partial charge in [-0.15, -0.1) is 0 Å². The Labute approximate surface area is 180 Å². The van der Waals surface area contributed by atoms with Crippen LogP contribution in [0.25, 0.3) is 21.7 Å². The van der Waals surface area contributed by atoms with Crippen molar-refractivity contribution in [2.45, 2.75) is 13.1 Å². The molecule has 1 aliphatic rings. The third kappa shape index (κ3) is 3.94. The van der Waals surface area contributed by atoms with Crippen molar-refractivity contribution in [1.82, 2.24) is 19.4 Å². The third-order valence-corrected chi connectivity index (χ3v) is 6.04. The van der Waals surface area contributed by atoms with Gasteiger partial charge in [-0.3, -0.25) is 19.1 Å². The van der Waals surface area contributed by atoms with Gasteiger partial charge < -0.3 is 4.90 Å². The molecule has 3 aromatic carbocycles. The minimum absolute atomic E-state index is 0.0278. The summed E-state index contributed by atoms with van der Waals surface area (Å²) in [5.74, 6) is -0.0380. The molecule has 1 amide bonds. The predicted octanol–water partition coefficient (Wildman–Crippen LogP) is 2.89. The number of aromatic nitrogens is 2. The monoisotopic (exact) mass is 412 g/mol. The summed E-state index contributed by atoms with van der Waals surface area (Å²) in [4.78, 5) is 34.0. The quantitative estimate of drug-likeness (QED) is 0.517. The molecule has 156 valence electrons. The lowest BCUT2D eigenvalue weighted by Gasteiger charge is -2.35. The summed E-state index contributed by atoms with van der Waals surface area (Å²) < 4.78 is 1.41. The van der Waals surface area contributed by atoms with Crippen LogP contribution < -0.4 is 5.56 Å². The van der Waals surface area contributed by atoms with Crippen LogP contribution >= 0.6 is 0 Å². The fraction of sp³-hybridized carbons (Fsp3) is 0.240. The van der Waals surface area contributed by atoms with Crippen LogP contribution in [0.15, 0.2) is 77.9 Å². The first-order valence-electron chi connectivity index (χ1n) is 10.6. The molecular weight excluding hydrogens is 388 g/mol. The lowest BCUT2D eigenvalue weighted by Crippen LogP contribution is -2.49. The highest BCUT2D eigenvalue weighted by Gasteiger charge is 2.22. The van der Waals surface area contributed by atoms with Crippen LogP contribution in [0, 0.1) is 0 Å². The lowest BCUT2D eigenvalue weighted by molar-refractivity contribution is -0.133. The molecule has 4 aromatic rings. The molecule has 0 unspecified atom stereocenters. The van der Waals surface area contributed by atoms with E-state index in [1.165, 1.54) is 27.2 Å². The second kappa shape index (κ2) is 8.32. The molecule has 0 N–H and O–H groups in total. The molecule has 0 spiro atoms. The zero-order chi connectivity index (χ0) is 21.2. The fourth-order valence-corrected chi connectivity index (χ4v) is 4.29. The highest BCUT2D eigenvalue weighted by atomic mass is 16.2. The maximum atomic E-state index is 12.8. The van der Waals surface area contributed by atoms with E-state index in [-0.39, 0.29) is 18.0 Å². The van der Waals surface area contributed by atoms with Gasteiger partial charge >= 0.3 is 0 Å². The molecule has 0 atom stereocenters. The number of amides is 1.